The molecule has 6 heteroatoms. The molecule has 1 aliphatic rings. The second-order valence-corrected chi connectivity index (χ2v) is 5.68. The highest BCUT2D eigenvalue weighted by Crippen LogP contribution is 2.28. The van der Waals surface area contributed by atoms with Gasteiger partial charge >= 0.3 is 0 Å². The van der Waals surface area contributed by atoms with Crippen molar-refractivity contribution in [2.24, 2.45) is 0 Å². The van der Waals surface area contributed by atoms with Crippen molar-refractivity contribution in [1.82, 2.24) is 4.90 Å². The third-order valence-electron chi connectivity index (χ3n) is 2.62. The van der Waals surface area contributed by atoms with E-state index in [-0.39, 0.29) is 18.4 Å². The molecule has 2 amide bonds. The molecule has 2 rings (SSSR count). The zero-order valence-electron chi connectivity index (χ0n) is 9.49. The Morgan fingerprint density at radius 1 is 1.39 bits per heavy atom. The highest BCUT2D eigenvalue weighted by Gasteiger charge is 2.26. The van der Waals surface area contributed by atoms with Gasteiger partial charge in [0.05, 0.1) is 4.47 Å². The third-order valence-corrected chi connectivity index (χ3v) is 3.73. The van der Waals surface area contributed by atoms with Crippen LogP contribution in [-0.2, 0) is 9.59 Å². The summed E-state index contributed by atoms with van der Waals surface area (Å²) in [4.78, 5) is 24.4. The van der Waals surface area contributed by atoms with Crippen LogP contribution in [0, 0.1) is 0 Å². The first-order valence-corrected chi connectivity index (χ1v) is 7.07. The van der Waals surface area contributed by atoms with Gasteiger partial charge in [-0.15, -0.1) is 0 Å². The minimum atomic E-state index is -0.285. The van der Waals surface area contributed by atoms with Gasteiger partial charge < -0.3 is 4.74 Å². The molecule has 1 aliphatic heterocycles. The number of carbonyl (C=O) groups is 2. The molecule has 0 bridgehead atoms. The van der Waals surface area contributed by atoms with Crippen molar-refractivity contribution < 1.29 is 14.3 Å². The number of rotatable bonds is 3. The van der Waals surface area contributed by atoms with Crippen LogP contribution in [0.1, 0.15) is 12.8 Å². The third kappa shape index (κ3) is 3.11. The van der Waals surface area contributed by atoms with Crippen LogP contribution in [0.3, 0.4) is 0 Å². The van der Waals surface area contributed by atoms with Gasteiger partial charge in [-0.3, -0.25) is 14.5 Å². The van der Waals surface area contributed by atoms with Gasteiger partial charge in [-0.1, -0.05) is 15.9 Å². The van der Waals surface area contributed by atoms with Crippen LogP contribution in [0.25, 0.3) is 0 Å². The number of amides is 2. The number of benzene rings is 1. The first-order valence-electron chi connectivity index (χ1n) is 5.49. The highest BCUT2D eigenvalue weighted by atomic mass is 79.9. The van der Waals surface area contributed by atoms with E-state index in [1.807, 2.05) is 12.1 Å². The predicted molar refractivity (Wildman–Crippen MR) is 73.3 cm³/mol. The minimum Gasteiger partial charge on any atom is -0.483 e. The van der Waals surface area contributed by atoms with Gasteiger partial charge in [0.15, 0.2) is 6.61 Å². The van der Waals surface area contributed by atoms with Crippen molar-refractivity contribution in [2.75, 3.05) is 13.2 Å². The average Bonchev–Trinajstić information content (AvgIpc) is 2.74. The number of halogens is 2. The number of hydrogen-bond donors (Lipinski definition) is 0. The van der Waals surface area contributed by atoms with Crippen LogP contribution >= 0.6 is 31.9 Å². The van der Waals surface area contributed by atoms with Crippen molar-refractivity contribution in [3.8, 4) is 5.75 Å². The lowest BCUT2D eigenvalue weighted by atomic mass is 10.3. The summed E-state index contributed by atoms with van der Waals surface area (Å²) in [6.07, 6.45) is 1.19. The van der Waals surface area contributed by atoms with E-state index in [0.29, 0.717) is 18.7 Å². The molecule has 0 saturated carbocycles. The fourth-order valence-corrected chi connectivity index (χ4v) is 2.88. The number of likely N-dealkylation sites (tertiary alicyclic amines) is 1. The summed E-state index contributed by atoms with van der Waals surface area (Å²) < 4.78 is 7.08. The van der Waals surface area contributed by atoms with Crippen LogP contribution in [0.5, 0.6) is 5.75 Å². The van der Waals surface area contributed by atoms with Crippen LogP contribution in [-0.4, -0.2) is 29.9 Å². The van der Waals surface area contributed by atoms with Crippen molar-refractivity contribution in [3.63, 3.8) is 0 Å². The first-order chi connectivity index (χ1) is 8.58. The maximum atomic E-state index is 11.8. The smallest absolute Gasteiger partial charge is 0.267 e. The highest BCUT2D eigenvalue weighted by molar-refractivity contribution is 9.11. The molecule has 0 radical (unpaired) electrons. The molecule has 0 N–H and O–H groups in total. The summed E-state index contributed by atoms with van der Waals surface area (Å²) in [5.74, 6) is 0.184. The Bertz CT molecular complexity index is 490. The average molecular weight is 377 g/mol. The summed E-state index contributed by atoms with van der Waals surface area (Å²) in [7, 11) is 0. The quantitative estimate of drug-likeness (QED) is 0.814. The standard InChI is InChI=1S/C12H11Br2NO3/c13-8-3-4-10(9(14)6-8)18-7-12(17)15-5-1-2-11(15)16/h3-4,6H,1-2,5,7H2. The van der Waals surface area contributed by atoms with Gasteiger partial charge in [0, 0.05) is 17.4 Å². The lowest BCUT2D eigenvalue weighted by molar-refractivity contribution is -0.143. The Morgan fingerprint density at radius 3 is 2.78 bits per heavy atom. The number of hydrogen-bond acceptors (Lipinski definition) is 3. The van der Waals surface area contributed by atoms with Gasteiger partial charge in [0.2, 0.25) is 5.91 Å². The summed E-state index contributed by atoms with van der Waals surface area (Å²) >= 11 is 6.68. The van der Waals surface area contributed by atoms with Crippen molar-refractivity contribution in [1.29, 1.82) is 0 Å². The van der Waals surface area contributed by atoms with Gasteiger partial charge in [-0.25, -0.2) is 0 Å². The maximum absolute atomic E-state index is 11.8. The van der Waals surface area contributed by atoms with Crippen LogP contribution in [0.2, 0.25) is 0 Å². The van der Waals surface area contributed by atoms with Crippen LogP contribution in [0.15, 0.2) is 27.1 Å². The molecule has 1 aromatic carbocycles. The van der Waals surface area contributed by atoms with E-state index >= 15 is 0 Å². The lowest BCUT2D eigenvalue weighted by Gasteiger charge is -2.14. The molecule has 0 aliphatic carbocycles. The molecule has 96 valence electrons. The van der Waals surface area contributed by atoms with Crippen molar-refractivity contribution >= 4 is 43.7 Å². The van der Waals surface area contributed by atoms with E-state index < -0.39 is 0 Å². The summed E-state index contributed by atoms with van der Waals surface area (Å²) in [5, 5.41) is 0. The van der Waals surface area contributed by atoms with E-state index in [0.717, 1.165) is 15.4 Å². The molecule has 1 heterocycles. The Hall–Kier alpha value is -0.880. The van der Waals surface area contributed by atoms with Gasteiger partial charge in [0.1, 0.15) is 5.75 Å². The fourth-order valence-electron chi connectivity index (χ4n) is 1.72. The monoisotopic (exact) mass is 375 g/mol. The summed E-state index contributed by atoms with van der Waals surface area (Å²) in [5.41, 5.74) is 0. The Balaban J connectivity index is 1.95. The minimum absolute atomic E-state index is 0.113. The molecular formula is C12H11Br2NO3. The zero-order chi connectivity index (χ0) is 13.1. The van der Waals surface area contributed by atoms with Crippen LogP contribution in [0.4, 0.5) is 0 Å². The van der Waals surface area contributed by atoms with Crippen molar-refractivity contribution in [3.05, 3.63) is 27.1 Å². The topological polar surface area (TPSA) is 46.6 Å². The molecule has 1 fully saturated rings. The molecule has 0 atom stereocenters. The normalized spacial score (nSPS) is 15.0. The molecule has 0 aromatic heterocycles. The Morgan fingerprint density at radius 2 is 2.17 bits per heavy atom. The maximum Gasteiger partial charge on any atom is 0.267 e. The first kappa shape index (κ1) is 13.5. The molecular weight excluding hydrogens is 366 g/mol. The van der Waals surface area contributed by atoms with Gasteiger partial charge in [0.25, 0.3) is 5.91 Å². The summed E-state index contributed by atoms with van der Waals surface area (Å²) in [6, 6.07) is 5.42. The molecule has 4 nitrogen and oxygen atoms in total. The van der Waals surface area contributed by atoms with E-state index in [2.05, 4.69) is 31.9 Å². The van der Waals surface area contributed by atoms with E-state index in [1.54, 1.807) is 6.07 Å². The molecule has 1 saturated heterocycles. The number of ether oxygens (including phenoxy) is 1. The molecule has 0 spiro atoms. The second-order valence-electron chi connectivity index (χ2n) is 3.91. The fraction of sp³-hybridized carbons (Fsp3) is 0.333. The number of carbonyl (C=O) groups excluding carboxylic acids is 2. The molecule has 0 unspecified atom stereocenters. The second kappa shape index (κ2) is 5.84. The molecule has 18 heavy (non-hydrogen) atoms. The van der Waals surface area contributed by atoms with E-state index in [4.69, 9.17) is 4.74 Å². The summed E-state index contributed by atoms with van der Waals surface area (Å²) in [6.45, 7) is 0.383. The lowest BCUT2D eigenvalue weighted by Crippen LogP contribution is -2.35. The Kier molecular flexibility index (Phi) is 4.40. The zero-order valence-corrected chi connectivity index (χ0v) is 12.7. The Labute approximate surface area is 122 Å². The number of imide groups is 1. The largest absolute Gasteiger partial charge is 0.483 e. The van der Waals surface area contributed by atoms with Gasteiger partial charge in [-0.2, -0.15) is 0 Å². The van der Waals surface area contributed by atoms with E-state index in [9.17, 15) is 9.59 Å². The molecule has 1 aromatic rings. The number of nitrogens with zero attached hydrogens (tertiary/aromatic N) is 1. The van der Waals surface area contributed by atoms with Gasteiger partial charge in [-0.05, 0) is 40.5 Å². The van der Waals surface area contributed by atoms with Crippen LogP contribution < -0.4 is 4.74 Å². The SMILES string of the molecule is O=C1CCCN1C(=O)COc1ccc(Br)cc1Br. The van der Waals surface area contributed by atoms with E-state index in [1.165, 1.54) is 4.90 Å². The predicted octanol–water partition coefficient (Wildman–Crippen LogP) is 2.74. The van der Waals surface area contributed by atoms with Crippen molar-refractivity contribution in [2.45, 2.75) is 12.8 Å².